The summed E-state index contributed by atoms with van der Waals surface area (Å²) in [6, 6.07) is 12.2. The zero-order valence-corrected chi connectivity index (χ0v) is 23.4. The molecule has 0 aliphatic rings. The molecule has 0 fully saturated rings. The Labute approximate surface area is 217 Å². The summed E-state index contributed by atoms with van der Waals surface area (Å²) in [6.07, 6.45) is 9.86. The van der Waals surface area contributed by atoms with Gasteiger partial charge in [-0.2, -0.15) is 0 Å². The van der Waals surface area contributed by atoms with E-state index >= 15 is 0 Å². The van der Waals surface area contributed by atoms with Crippen LogP contribution < -0.4 is 0 Å². The Kier molecular flexibility index (Phi) is 7.06. The summed E-state index contributed by atoms with van der Waals surface area (Å²) < 4.78 is 3.89. The predicted octanol–water partition coefficient (Wildman–Crippen LogP) is 5.37. The van der Waals surface area contributed by atoms with Crippen molar-refractivity contribution >= 4 is 0 Å². The maximum atomic E-state index is 5.01. The molecule has 4 rings (SSSR count). The summed E-state index contributed by atoms with van der Waals surface area (Å²) in [5.41, 5.74) is 3.43. The van der Waals surface area contributed by atoms with Crippen LogP contribution in [0.1, 0.15) is 78.2 Å². The van der Waals surface area contributed by atoms with E-state index in [9.17, 15) is 0 Å². The maximum absolute atomic E-state index is 5.01. The SMILES string of the molecule is CC(C)(C)c1cn[c-]n1-c1cccc(C(C)(C)c2cccc(-n3[c-]ncc3C(C)(C)C)n2)n1.[Pt+2]. The second-order valence-corrected chi connectivity index (χ2v) is 11.0. The van der Waals surface area contributed by atoms with Gasteiger partial charge in [-0.05, 0) is 36.8 Å². The van der Waals surface area contributed by atoms with Gasteiger partial charge >= 0.3 is 21.1 Å². The van der Waals surface area contributed by atoms with Gasteiger partial charge in [0.1, 0.15) is 0 Å². The minimum atomic E-state index is -0.420. The Hall–Kier alpha value is -2.59. The summed E-state index contributed by atoms with van der Waals surface area (Å²) in [4.78, 5) is 18.5. The molecule has 0 aliphatic heterocycles. The molecule has 7 heteroatoms. The van der Waals surface area contributed by atoms with Crippen LogP contribution in [0.4, 0.5) is 0 Å². The fourth-order valence-electron chi connectivity index (χ4n) is 3.85. The normalized spacial score (nSPS) is 12.5. The van der Waals surface area contributed by atoms with E-state index in [2.05, 4.69) is 90.1 Å². The summed E-state index contributed by atoms with van der Waals surface area (Å²) in [7, 11) is 0. The van der Waals surface area contributed by atoms with E-state index in [1.54, 1.807) is 0 Å². The molecule has 0 spiro atoms. The van der Waals surface area contributed by atoms with Crippen LogP contribution in [0, 0.1) is 12.7 Å². The zero-order chi connectivity index (χ0) is 24.0. The molecule has 0 bridgehead atoms. The average Bonchev–Trinajstić information content (AvgIpc) is 3.43. The number of hydrogen-bond acceptors (Lipinski definition) is 4. The van der Waals surface area contributed by atoms with E-state index in [-0.39, 0.29) is 31.9 Å². The molecule has 0 N–H and O–H groups in total. The first kappa shape index (κ1) is 26.0. The van der Waals surface area contributed by atoms with Crippen molar-refractivity contribution in [1.29, 1.82) is 0 Å². The van der Waals surface area contributed by atoms with Crippen molar-refractivity contribution in [3.05, 3.63) is 84.2 Å². The Morgan fingerprint density at radius 3 is 1.35 bits per heavy atom. The molecule has 0 saturated carbocycles. The topological polar surface area (TPSA) is 61.4 Å². The molecule has 6 nitrogen and oxygen atoms in total. The third-order valence-electron chi connectivity index (χ3n) is 5.92. The van der Waals surface area contributed by atoms with Crippen molar-refractivity contribution in [1.82, 2.24) is 29.1 Å². The van der Waals surface area contributed by atoms with Crippen molar-refractivity contribution in [3.8, 4) is 11.6 Å². The molecule has 0 unspecified atom stereocenters. The molecule has 0 atom stereocenters. The fourth-order valence-corrected chi connectivity index (χ4v) is 3.85. The quantitative estimate of drug-likeness (QED) is 0.283. The molecule has 0 aliphatic carbocycles. The predicted molar refractivity (Wildman–Crippen MR) is 130 cm³/mol. The van der Waals surface area contributed by atoms with Gasteiger partial charge in [0, 0.05) is 29.5 Å². The first-order valence-corrected chi connectivity index (χ1v) is 11.3. The van der Waals surface area contributed by atoms with Crippen LogP contribution in [0.5, 0.6) is 0 Å². The van der Waals surface area contributed by atoms with Gasteiger partial charge in [0.15, 0.2) is 0 Å². The number of pyridine rings is 2. The molecule has 34 heavy (non-hydrogen) atoms. The first-order chi connectivity index (χ1) is 15.4. The smallest absolute Gasteiger partial charge is 0.415 e. The summed E-state index contributed by atoms with van der Waals surface area (Å²) in [5, 5.41) is 0. The molecule has 180 valence electrons. The largest absolute Gasteiger partial charge is 2.00 e. The molecule has 4 aromatic rings. The van der Waals surface area contributed by atoms with Gasteiger partial charge in [-0.25, -0.2) is 0 Å². The molecule has 4 heterocycles. The number of rotatable bonds is 4. The van der Waals surface area contributed by atoms with Crippen molar-refractivity contribution < 1.29 is 21.1 Å². The molecule has 4 aromatic heterocycles. The molecule has 0 saturated heterocycles. The number of nitrogens with zero attached hydrogens (tertiary/aromatic N) is 6. The number of imidazole rings is 2. The van der Waals surface area contributed by atoms with Crippen LogP contribution in [-0.4, -0.2) is 29.1 Å². The zero-order valence-electron chi connectivity index (χ0n) is 21.1. The standard InChI is InChI=1S/C27H32N6.Pt/c1-25(2,3)21-15-28-17-32(21)23-13-9-11-19(30-23)27(7,8)20-12-10-14-24(31-20)33-18-29-16-22(33)26(4,5)6;/h9-16H,1-8H3;/q-2;+2. The Bertz CT molecular complexity index is 1170. The molecular formula is C27H32N6Pt. The Balaban J connectivity index is 0.00000324. The first-order valence-electron chi connectivity index (χ1n) is 11.3. The van der Waals surface area contributed by atoms with E-state index in [0.717, 1.165) is 34.4 Å². The van der Waals surface area contributed by atoms with Crippen molar-refractivity contribution in [3.63, 3.8) is 0 Å². The van der Waals surface area contributed by atoms with Gasteiger partial charge in [0.05, 0.1) is 11.6 Å². The number of aromatic nitrogens is 6. The van der Waals surface area contributed by atoms with E-state index in [4.69, 9.17) is 9.97 Å². The van der Waals surface area contributed by atoms with Crippen LogP contribution >= 0.6 is 0 Å². The second-order valence-electron chi connectivity index (χ2n) is 11.0. The van der Waals surface area contributed by atoms with Crippen LogP contribution in [0.2, 0.25) is 0 Å². The van der Waals surface area contributed by atoms with Gasteiger partial charge in [0.2, 0.25) is 0 Å². The van der Waals surface area contributed by atoms with Gasteiger partial charge < -0.3 is 19.1 Å². The average molecular weight is 636 g/mol. The van der Waals surface area contributed by atoms with Crippen molar-refractivity contribution in [2.45, 2.75) is 71.6 Å². The minimum Gasteiger partial charge on any atom is -0.415 e. The summed E-state index contributed by atoms with van der Waals surface area (Å²) >= 11 is 0. The summed E-state index contributed by atoms with van der Waals surface area (Å²) in [6.45, 7) is 17.3. The van der Waals surface area contributed by atoms with E-state index < -0.39 is 5.41 Å². The third kappa shape index (κ3) is 4.93. The van der Waals surface area contributed by atoms with E-state index in [1.807, 2.05) is 45.8 Å². The van der Waals surface area contributed by atoms with Gasteiger partial charge in [-0.1, -0.05) is 89.6 Å². The van der Waals surface area contributed by atoms with Crippen molar-refractivity contribution in [2.24, 2.45) is 0 Å². The fraction of sp³-hybridized carbons (Fsp3) is 0.407. The van der Waals surface area contributed by atoms with Crippen LogP contribution in [0.25, 0.3) is 11.6 Å². The van der Waals surface area contributed by atoms with Gasteiger partial charge in [-0.3, -0.25) is 9.97 Å². The molecule has 0 amide bonds. The van der Waals surface area contributed by atoms with E-state index in [1.165, 1.54) is 0 Å². The monoisotopic (exact) mass is 635 g/mol. The van der Waals surface area contributed by atoms with Crippen LogP contribution in [0.3, 0.4) is 0 Å². The van der Waals surface area contributed by atoms with E-state index in [0.29, 0.717) is 0 Å². The minimum absolute atomic E-state index is 0. The molecular weight excluding hydrogens is 603 g/mol. The second kappa shape index (κ2) is 9.22. The molecule has 0 radical (unpaired) electrons. The van der Waals surface area contributed by atoms with Gasteiger partial charge in [-0.15, -0.1) is 0 Å². The van der Waals surface area contributed by atoms with Crippen LogP contribution in [0.15, 0.2) is 48.8 Å². The molecule has 0 aromatic carbocycles. The maximum Gasteiger partial charge on any atom is 2.00 e. The van der Waals surface area contributed by atoms with Crippen LogP contribution in [-0.2, 0) is 37.3 Å². The van der Waals surface area contributed by atoms with Gasteiger partial charge in [0.25, 0.3) is 0 Å². The Morgan fingerprint density at radius 1 is 0.618 bits per heavy atom. The Morgan fingerprint density at radius 2 is 1.00 bits per heavy atom. The van der Waals surface area contributed by atoms with Crippen molar-refractivity contribution in [2.75, 3.05) is 0 Å². The number of hydrogen-bond donors (Lipinski definition) is 0. The third-order valence-corrected chi connectivity index (χ3v) is 5.92. The summed E-state index contributed by atoms with van der Waals surface area (Å²) in [5.74, 6) is 1.61.